The van der Waals surface area contributed by atoms with Crippen LogP contribution in [0, 0.1) is 11.3 Å². The van der Waals surface area contributed by atoms with Crippen LogP contribution < -0.4 is 11.0 Å². The Morgan fingerprint density at radius 2 is 1.80 bits per heavy atom. The number of likely N-dealkylation sites (tertiary alicyclic amines) is 2. The van der Waals surface area contributed by atoms with Crippen LogP contribution in [0.5, 0.6) is 0 Å². The number of amides is 1. The van der Waals surface area contributed by atoms with Crippen LogP contribution in [-0.2, 0) is 4.79 Å². The summed E-state index contributed by atoms with van der Waals surface area (Å²) in [7, 11) is 0. The maximum absolute atomic E-state index is 12.3. The minimum atomic E-state index is -0.305. The molecule has 1 aromatic carbocycles. The summed E-state index contributed by atoms with van der Waals surface area (Å²) in [6.45, 7) is 13.5. The van der Waals surface area contributed by atoms with E-state index in [-0.39, 0.29) is 29.1 Å². The van der Waals surface area contributed by atoms with Crippen molar-refractivity contribution in [1.82, 2.24) is 29.3 Å². The highest BCUT2D eigenvalue weighted by molar-refractivity contribution is 5.87. The number of carbonyl (C=O) groups excluding carboxylic acids is 1. The zero-order valence-corrected chi connectivity index (χ0v) is 23.7. The Morgan fingerprint density at radius 3 is 2.48 bits per heavy atom. The van der Waals surface area contributed by atoms with Crippen LogP contribution in [0.25, 0.3) is 11.0 Å². The normalized spacial score (nSPS) is 20.1. The van der Waals surface area contributed by atoms with Crippen LogP contribution >= 0.6 is 0 Å². The summed E-state index contributed by atoms with van der Waals surface area (Å²) in [6, 6.07) is 9.32. The molecule has 0 radical (unpaired) electrons. The Kier molecular flexibility index (Phi) is 6.94. The van der Waals surface area contributed by atoms with E-state index in [2.05, 4.69) is 62.9 Å². The molecule has 1 N–H and O–H groups in total. The molecule has 1 spiro atoms. The lowest BCUT2D eigenvalue weighted by Gasteiger charge is -2.52. The van der Waals surface area contributed by atoms with Gasteiger partial charge in [-0.25, -0.2) is 14.8 Å². The third-order valence-corrected chi connectivity index (χ3v) is 8.92. The number of carbonyl (C=O) groups is 1. The Hall–Kier alpha value is -3.59. The third kappa shape index (κ3) is 5.14. The van der Waals surface area contributed by atoms with E-state index in [0.717, 1.165) is 49.5 Å². The Labute approximate surface area is 235 Å². The summed E-state index contributed by atoms with van der Waals surface area (Å²) >= 11 is 0. The van der Waals surface area contributed by atoms with Crippen molar-refractivity contribution in [3.63, 3.8) is 0 Å². The zero-order valence-electron chi connectivity index (χ0n) is 23.7. The minimum Gasteiger partial charge on any atom is -0.348 e. The van der Waals surface area contributed by atoms with E-state index in [0.29, 0.717) is 17.6 Å². The van der Waals surface area contributed by atoms with Crippen LogP contribution in [0.4, 0.5) is 5.95 Å². The predicted octanol–water partition coefficient (Wildman–Crippen LogP) is 4.50. The molecule has 2 saturated heterocycles. The van der Waals surface area contributed by atoms with E-state index < -0.39 is 0 Å². The summed E-state index contributed by atoms with van der Waals surface area (Å²) in [4.78, 5) is 42.1. The molecular weight excluding hydrogens is 502 g/mol. The molecule has 1 unspecified atom stereocenters. The molecule has 0 bridgehead atoms. The third-order valence-electron chi connectivity index (χ3n) is 8.92. The molecule has 210 valence electrons. The van der Waals surface area contributed by atoms with Crippen molar-refractivity contribution >= 4 is 22.9 Å². The average molecular weight is 542 g/mol. The van der Waals surface area contributed by atoms with Crippen molar-refractivity contribution in [3.05, 3.63) is 70.9 Å². The highest BCUT2D eigenvalue weighted by Crippen LogP contribution is 2.47. The molecule has 9 heteroatoms. The number of benzene rings is 1. The maximum Gasteiger partial charge on any atom is 0.349 e. The largest absolute Gasteiger partial charge is 0.349 e. The quantitative estimate of drug-likeness (QED) is 0.399. The minimum absolute atomic E-state index is 0.00594. The SMILES string of the molecule is C=CC(=O)N1CCC2(C1)CN(C(CC1CC1)c1ccc([C@H](C)Nc3ncc4cnc(=O)n(C(C)C)c4n3)cc1)C2. The number of nitrogens with one attached hydrogen (secondary N) is 1. The number of rotatable bonds is 9. The number of fused-ring (bicyclic) bond motifs is 1. The molecule has 40 heavy (non-hydrogen) atoms. The van der Waals surface area contributed by atoms with Crippen molar-refractivity contribution in [2.45, 2.75) is 64.6 Å². The van der Waals surface area contributed by atoms with Crippen LogP contribution in [0.15, 0.2) is 54.1 Å². The Bertz CT molecular complexity index is 1470. The monoisotopic (exact) mass is 541 g/mol. The van der Waals surface area contributed by atoms with Gasteiger partial charge < -0.3 is 10.2 Å². The Balaban J connectivity index is 1.15. The molecular formula is C31H39N7O2. The highest BCUT2D eigenvalue weighted by atomic mass is 16.2. The smallest absolute Gasteiger partial charge is 0.348 e. The van der Waals surface area contributed by atoms with Crippen molar-refractivity contribution in [2.75, 3.05) is 31.5 Å². The molecule has 2 aromatic heterocycles. The molecule has 2 atom stereocenters. The fourth-order valence-corrected chi connectivity index (χ4v) is 6.47. The molecule has 3 fully saturated rings. The lowest BCUT2D eigenvalue weighted by molar-refractivity contribution is -0.126. The predicted molar refractivity (Wildman–Crippen MR) is 156 cm³/mol. The second kappa shape index (κ2) is 10.4. The van der Waals surface area contributed by atoms with E-state index in [1.165, 1.54) is 37.1 Å². The van der Waals surface area contributed by atoms with Crippen LogP contribution in [-0.4, -0.2) is 61.4 Å². The second-order valence-corrected chi connectivity index (χ2v) is 12.3. The molecule has 3 aromatic rings. The van der Waals surface area contributed by atoms with Gasteiger partial charge in [0.1, 0.15) is 0 Å². The van der Waals surface area contributed by atoms with E-state index in [4.69, 9.17) is 0 Å². The van der Waals surface area contributed by atoms with Gasteiger partial charge in [0.05, 0.1) is 11.4 Å². The molecule has 1 amide bonds. The summed E-state index contributed by atoms with van der Waals surface area (Å²) in [5.74, 6) is 1.37. The van der Waals surface area contributed by atoms with Gasteiger partial charge in [0.25, 0.3) is 0 Å². The van der Waals surface area contributed by atoms with E-state index in [1.807, 2.05) is 18.7 Å². The van der Waals surface area contributed by atoms with Crippen molar-refractivity contribution in [2.24, 2.45) is 11.3 Å². The highest BCUT2D eigenvalue weighted by Gasteiger charge is 2.50. The fraction of sp³-hybridized carbons (Fsp3) is 0.516. The van der Waals surface area contributed by atoms with E-state index in [9.17, 15) is 9.59 Å². The topological polar surface area (TPSA) is 96.3 Å². The van der Waals surface area contributed by atoms with Crippen molar-refractivity contribution in [3.8, 4) is 0 Å². The molecule has 1 aliphatic carbocycles. The van der Waals surface area contributed by atoms with Gasteiger partial charge in [-0.1, -0.05) is 43.7 Å². The standard InChI is InChI=1S/C31H39N7O2/c1-5-27(39)36-13-12-31(17-36)18-37(19-31)26(14-22-6-7-22)24-10-8-23(9-11-24)21(4)34-29-32-15-25-16-33-30(40)38(20(2)3)28(25)35-29/h5,8-11,15-16,20-22,26H,1,6-7,12-14,17-19H2,2-4H3,(H,32,34,35)/t21-,26?/m0/s1. The first-order valence-electron chi connectivity index (χ1n) is 14.5. The van der Waals surface area contributed by atoms with Gasteiger partial charge in [-0.2, -0.15) is 4.98 Å². The fourth-order valence-electron chi connectivity index (χ4n) is 6.47. The summed E-state index contributed by atoms with van der Waals surface area (Å²) < 4.78 is 1.60. The van der Waals surface area contributed by atoms with Crippen molar-refractivity contribution in [1.29, 1.82) is 0 Å². The van der Waals surface area contributed by atoms with Gasteiger partial charge in [0, 0.05) is 56.1 Å². The number of aromatic nitrogens is 4. The second-order valence-electron chi connectivity index (χ2n) is 12.3. The first-order chi connectivity index (χ1) is 19.2. The molecule has 3 aliphatic rings. The van der Waals surface area contributed by atoms with E-state index >= 15 is 0 Å². The van der Waals surface area contributed by atoms with Gasteiger partial charge in [-0.05, 0) is 56.7 Å². The van der Waals surface area contributed by atoms with Crippen LogP contribution in [0.3, 0.4) is 0 Å². The van der Waals surface area contributed by atoms with Gasteiger partial charge in [-0.15, -0.1) is 0 Å². The van der Waals surface area contributed by atoms with Gasteiger partial charge >= 0.3 is 5.69 Å². The zero-order chi connectivity index (χ0) is 28.0. The lowest BCUT2D eigenvalue weighted by atomic mass is 9.77. The number of hydrogen-bond donors (Lipinski definition) is 1. The molecule has 2 aliphatic heterocycles. The first kappa shape index (κ1) is 26.6. The molecule has 1 saturated carbocycles. The number of hydrogen-bond acceptors (Lipinski definition) is 7. The molecule has 9 nitrogen and oxygen atoms in total. The van der Waals surface area contributed by atoms with Crippen molar-refractivity contribution < 1.29 is 4.79 Å². The first-order valence-corrected chi connectivity index (χ1v) is 14.5. The van der Waals surface area contributed by atoms with Crippen LogP contribution in [0.1, 0.15) is 75.7 Å². The van der Waals surface area contributed by atoms with Gasteiger partial charge in [0.2, 0.25) is 11.9 Å². The number of nitrogens with zero attached hydrogens (tertiary/aromatic N) is 6. The maximum atomic E-state index is 12.3. The van der Waals surface area contributed by atoms with Crippen LogP contribution in [0.2, 0.25) is 0 Å². The van der Waals surface area contributed by atoms with Gasteiger partial charge in [0.15, 0.2) is 5.65 Å². The Morgan fingerprint density at radius 1 is 1.10 bits per heavy atom. The van der Waals surface area contributed by atoms with E-state index in [1.54, 1.807) is 10.8 Å². The average Bonchev–Trinajstić information content (AvgIpc) is 3.64. The lowest BCUT2D eigenvalue weighted by Crippen LogP contribution is -2.58. The summed E-state index contributed by atoms with van der Waals surface area (Å²) in [5.41, 5.74) is 3.05. The molecule has 4 heterocycles. The summed E-state index contributed by atoms with van der Waals surface area (Å²) in [6.07, 6.45) is 9.65. The van der Waals surface area contributed by atoms with Gasteiger partial charge in [-0.3, -0.25) is 14.3 Å². The summed E-state index contributed by atoms with van der Waals surface area (Å²) in [5, 5.41) is 4.15. The molecule has 6 rings (SSSR count). The number of anilines is 1.